The third-order valence-corrected chi connectivity index (χ3v) is 9.22. The molecule has 1 atom stereocenters. The Labute approximate surface area is 235 Å². The molecular formula is C31H36N4O4S. The Bertz CT molecular complexity index is 1470. The summed E-state index contributed by atoms with van der Waals surface area (Å²) >= 11 is 0. The highest BCUT2D eigenvalue weighted by Gasteiger charge is 2.33. The molecule has 1 saturated carbocycles. The Morgan fingerprint density at radius 2 is 1.57 bits per heavy atom. The van der Waals surface area contributed by atoms with Gasteiger partial charge in [0.05, 0.1) is 17.1 Å². The summed E-state index contributed by atoms with van der Waals surface area (Å²) in [6, 6.07) is 26.0. The van der Waals surface area contributed by atoms with E-state index < -0.39 is 16.1 Å². The van der Waals surface area contributed by atoms with Crippen LogP contribution in [0.3, 0.4) is 0 Å². The number of aliphatic hydroxyl groups is 1. The van der Waals surface area contributed by atoms with Crippen LogP contribution in [-0.4, -0.2) is 70.9 Å². The van der Waals surface area contributed by atoms with Gasteiger partial charge in [0.2, 0.25) is 5.16 Å². The van der Waals surface area contributed by atoms with Crippen molar-refractivity contribution in [2.75, 3.05) is 26.2 Å². The zero-order chi connectivity index (χ0) is 28.0. The maximum Gasteiger partial charge on any atom is 0.276 e. The van der Waals surface area contributed by atoms with E-state index in [0.29, 0.717) is 36.1 Å². The summed E-state index contributed by atoms with van der Waals surface area (Å²) in [4.78, 5) is 22.4. The number of imidazole rings is 1. The lowest BCUT2D eigenvalue weighted by atomic mass is 10.1. The predicted octanol–water partition coefficient (Wildman–Crippen LogP) is 4.49. The first kappa shape index (κ1) is 28.0. The fraction of sp³-hybridized carbons (Fsp3) is 0.355. The first-order chi connectivity index (χ1) is 19.4. The Morgan fingerprint density at radius 3 is 2.27 bits per heavy atom. The molecule has 8 nitrogen and oxygen atoms in total. The first-order valence-electron chi connectivity index (χ1n) is 13.9. The molecule has 9 heteroatoms. The lowest BCUT2D eigenvalue weighted by Crippen LogP contribution is -2.46. The summed E-state index contributed by atoms with van der Waals surface area (Å²) in [5, 5.41) is 11.2. The van der Waals surface area contributed by atoms with E-state index in [4.69, 9.17) is 0 Å². The SMILES string of the molecule is O=C(c1ccccc1)N(CCc1ccccc1)C[C@H](O)CN(CC1CCCC1)S(=O)(=O)c1nc2ccccc2[nH]1. The van der Waals surface area contributed by atoms with Gasteiger partial charge in [-0.15, -0.1) is 0 Å². The fourth-order valence-corrected chi connectivity index (χ4v) is 6.89. The van der Waals surface area contributed by atoms with Crippen molar-refractivity contribution >= 4 is 27.0 Å². The summed E-state index contributed by atoms with van der Waals surface area (Å²) in [5.41, 5.74) is 2.82. The molecule has 40 heavy (non-hydrogen) atoms. The van der Waals surface area contributed by atoms with Crippen molar-refractivity contribution < 1.29 is 18.3 Å². The lowest BCUT2D eigenvalue weighted by Gasteiger charge is -2.30. The van der Waals surface area contributed by atoms with Gasteiger partial charge >= 0.3 is 0 Å². The summed E-state index contributed by atoms with van der Waals surface area (Å²) in [5.74, 6) is 0.0320. The largest absolute Gasteiger partial charge is 0.390 e. The molecule has 0 aliphatic heterocycles. The van der Waals surface area contributed by atoms with Gasteiger partial charge in [0.1, 0.15) is 0 Å². The second-order valence-corrected chi connectivity index (χ2v) is 12.4. The van der Waals surface area contributed by atoms with Crippen LogP contribution in [-0.2, 0) is 16.4 Å². The lowest BCUT2D eigenvalue weighted by molar-refractivity contribution is 0.0584. The first-order valence-corrected chi connectivity index (χ1v) is 15.4. The van der Waals surface area contributed by atoms with Crippen LogP contribution < -0.4 is 0 Å². The number of aromatic nitrogens is 2. The number of hydrogen-bond donors (Lipinski definition) is 2. The molecule has 0 bridgehead atoms. The highest BCUT2D eigenvalue weighted by Crippen LogP contribution is 2.28. The molecular weight excluding hydrogens is 524 g/mol. The summed E-state index contributed by atoms with van der Waals surface area (Å²) in [6.45, 7) is 0.595. The molecule has 5 rings (SSSR count). The van der Waals surface area contributed by atoms with E-state index in [9.17, 15) is 18.3 Å². The smallest absolute Gasteiger partial charge is 0.276 e. The number of sulfonamides is 1. The van der Waals surface area contributed by atoms with Gasteiger partial charge in [0.15, 0.2) is 0 Å². The molecule has 3 aromatic carbocycles. The van der Waals surface area contributed by atoms with E-state index in [1.54, 1.807) is 29.2 Å². The molecule has 0 spiro atoms. The van der Waals surface area contributed by atoms with Crippen molar-refractivity contribution in [3.05, 3.63) is 96.1 Å². The Hall–Kier alpha value is -3.53. The number of H-pyrrole nitrogens is 1. The van der Waals surface area contributed by atoms with Gasteiger partial charge in [0.25, 0.3) is 15.9 Å². The molecule has 0 radical (unpaired) electrons. The van der Waals surface area contributed by atoms with Gasteiger partial charge in [-0.05, 0) is 55.0 Å². The molecule has 210 valence electrons. The number of carbonyl (C=O) groups excluding carboxylic acids is 1. The molecule has 1 amide bonds. The minimum atomic E-state index is -4.01. The van der Waals surface area contributed by atoms with Gasteiger partial charge in [0, 0.05) is 31.7 Å². The molecule has 1 aliphatic rings. The Kier molecular flexibility index (Phi) is 8.94. The molecule has 1 fully saturated rings. The highest BCUT2D eigenvalue weighted by molar-refractivity contribution is 7.89. The van der Waals surface area contributed by atoms with Crippen molar-refractivity contribution in [1.29, 1.82) is 0 Å². The van der Waals surface area contributed by atoms with E-state index in [1.165, 1.54) is 4.31 Å². The minimum absolute atomic E-state index is 0.0113. The van der Waals surface area contributed by atoms with Gasteiger partial charge in [-0.2, -0.15) is 4.31 Å². The maximum absolute atomic E-state index is 13.8. The quantitative estimate of drug-likeness (QED) is 0.266. The van der Waals surface area contributed by atoms with Crippen LogP contribution in [0.4, 0.5) is 0 Å². The number of aliphatic hydroxyl groups excluding tert-OH is 1. The van der Waals surface area contributed by atoms with Gasteiger partial charge in [-0.1, -0.05) is 73.5 Å². The van der Waals surface area contributed by atoms with Gasteiger partial charge in [-0.3, -0.25) is 4.79 Å². The number of carbonyl (C=O) groups is 1. The standard InChI is InChI=1S/C31H36N4O4S/c36-27(22-34(20-19-24-11-3-1-4-12-24)30(37)26-15-5-2-6-16-26)23-35(21-25-13-7-8-14-25)40(38,39)31-32-28-17-9-10-18-29(28)33-31/h1-6,9-12,15-18,25,27,36H,7-8,13-14,19-23H2,(H,32,33)/t27-/m0/s1. The van der Waals surface area contributed by atoms with Crippen LogP contribution in [0.15, 0.2) is 90.1 Å². The number of hydrogen-bond acceptors (Lipinski definition) is 5. The third kappa shape index (κ3) is 6.78. The summed E-state index contributed by atoms with van der Waals surface area (Å²) in [7, 11) is -4.01. The average molecular weight is 561 g/mol. The molecule has 4 aromatic rings. The number of para-hydroxylation sites is 2. The number of amides is 1. The molecule has 0 unspecified atom stereocenters. The molecule has 0 saturated heterocycles. The minimum Gasteiger partial charge on any atom is -0.390 e. The predicted molar refractivity (Wildman–Crippen MR) is 155 cm³/mol. The van der Waals surface area contributed by atoms with E-state index in [-0.39, 0.29) is 30.1 Å². The average Bonchev–Trinajstić information content (AvgIpc) is 3.66. The number of nitrogens with zero attached hydrogens (tertiary/aromatic N) is 3. The second-order valence-electron chi connectivity index (χ2n) is 10.5. The van der Waals surface area contributed by atoms with E-state index >= 15 is 0 Å². The fourth-order valence-electron chi connectivity index (χ4n) is 5.42. The zero-order valence-corrected chi connectivity index (χ0v) is 23.3. The zero-order valence-electron chi connectivity index (χ0n) is 22.5. The second kappa shape index (κ2) is 12.8. The van der Waals surface area contributed by atoms with Crippen LogP contribution in [0.5, 0.6) is 0 Å². The number of aromatic amines is 1. The Morgan fingerprint density at radius 1 is 0.925 bits per heavy atom. The summed E-state index contributed by atoms with van der Waals surface area (Å²) in [6.07, 6.45) is 3.60. The van der Waals surface area contributed by atoms with Crippen molar-refractivity contribution in [3.63, 3.8) is 0 Å². The van der Waals surface area contributed by atoms with Gasteiger partial charge in [-0.25, -0.2) is 13.4 Å². The number of rotatable bonds is 12. The van der Waals surface area contributed by atoms with E-state index in [1.807, 2.05) is 60.7 Å². The van der Waals surface area contributed by atoms with Crippen LogP contribution >= 0.6 is 0 Å². The van der Waals surface area contributed by atoms with E-state index in [0.717, 1.165) is 31.2 Å². The van der Waals surface area contributed by atoms with Crippen molar-refractivity contribution in [1.82, 2.24) is 19.2 Å². The summed E-state index contributed by atoms with van der Waals surface area (Å²) < 4.78 is 29.0. The maximum atomic E-state index is 13.8. The number of nitrogens with one attached hydrogen (secondary N) is 1. The van der Waals surface area contributed by atoms with Crippen molar-refractivity contribution in [3.8, 4) is 0 Å². The Balaban J connectivity index is 1.36. The van der Waals surface area contributed by atoms with Gasteiger partial charge < -0.3 is 15.0 Å². The van der Waals surface area contributed by atoms with Crippen LogP contribution in [0.2, 0.25) is 0 Å². The molecule has 1 aliphatic carbocycles. The number of fused-ring (bicyclic) bond motifs is 1. The van der Waals surface area contributed by atoms with Crippen LogP contribution in [0.25, 0.3) is 11.0 Å². The van der Waals surface area contributed by atoms with Crippen molar-refractivity contribution in [2.45, 2.75) is 43.4 Å². The highest BCUT2D eigenvalue weighted by atomic mass is 32.2. The monoisotopic (exact) mass is 560 g/mol. The normalized spacial score (nSPS) is 15.1. The topological polar surface area (TPSA) is 107 Å². The molecule has 1 heterocycles. The number of benzene rings is 3. The van der Waals surface area contributed by atoms with Crippen LogP contribution in [0.1, 0.15) is 41.6 Å². The molecule has 2 N–H and O–H groups in total. The van der Waals surface area contributed by atoms with Crippen molar-refractivity contribution in [2.24, 2.45) is 5.92 Å². The third-order valence-electron chi connectivity index (χ3n) is 7.56. The molecule has 1 aromatic heterocycles. The van der Waals surface area contributed by atoms with Crippen LogP contribution in [0, 0.1) is 5.92 Å². The van der Waals surface area contributed by atoms with E-state index in [2.05, 4.69) is 9.97 Å².